The molecule has 2 aromatic carbocycles. The topological polar surface area (TPSA) is 47.6 Å². The SMILES string of the molecule is COc1cc2c(cc1OC)C(c1cccc(Cl)c1Cl)C1=C(CCCC1=O)N2. The molecule has 6 heteroatoms. The maximum Gasteiger partial charge on any atom is 0.162 e. The van der Waals surface area contributed by atoms with Crippen molar-refractivity contribution >= 4 is 34.7 Å². The molecule has 1 aliphatic carbocycles. The van der Waals surface area contributed by atoms with Crippen LogP contribution in [0.25, 0.3) is 0 Å². The lowest BCUT2D eigenvalue weighted by atomic mass is 9.75. The van der Waals surface area contributed by atoms with E-state index in [0.717, 1.165) is 40.9 Å². The second-order valence-electron chi connectivity index (χ2n) is 6.66. The third-order valence-electron chi connectivity index (χ3n) is 5.19. The van der Waals surface area contributed by atoms with Gasteiger partial charge in [0.1, 0.15) is 0 Å². The van der Waals surface area contributed by atoms with E-state index in [-0.39, 0.29) is 11.7 Å². The van der Waals surface area contributed by atoms with Gasteiger partial charge in [0.2, 0.25) is 0 Å². The Labute approximate surface area is 168 Å². The molecule has 1 heterocycles. The van der Waals surface area contributed by atoms with Crippen LogP contribution < -0.4 is 14.8 Å². The summed E-state index contributed by atoms with van der Waals surface area (Å²) in [5.74, 6) is 1.08. The number of halogens is 2. The number of hydrogen-bond acceptors (Lipinski definition) is 4. The monoisotopic (exact) mass is 403 g/mol. The van der Waals surface area contributed by atoms with Gasteiger partial charge in [0.15, 0.2) is 17.3 Å². The summed E-state index contributed by atoms with van der Waals surface area (Å²) >= 11 is 12.8. The zero-order valence-corrected chi connectivity index (χ0v) is 16.6. The zero-order chi connectivity index (χ0) is 19.1. The fourth-order valence-corrected chi connectivity index (χ4v) is 4.37. The normalized spacial score (nSPS) is 18.5. The highest BCUT2D eigenvalue weighted by molar-refractivity contribution is 6.42. The number of anilines is 1. The molecule has 1 aliphatic heterocycles. The van der Waals surface area contributed by atoms with Crippen molar-refractivity contribution in [2.45, 2.75) is 25.2 Å². The van der Waals surface area contributed by atoms with Crippen molar-refractivity contribution in [3.05, 3.63) is 62.8 Å². The quantitative estimate of drug-likeness (QED) is 0.726. The number of ketones is 1. The van der Waals surface area contributed by atoms with Crippen molar-refractivity contribution in [1.29, 1.82) is 0 Å². The molecule has 1 atom stereocenters. The van der Waals surface area contributed by atoms with Crippen molar-refractivity contribution in [2.75, 3.05) is 19.5 Å². The van der Waals surface area contributed by atoms with Gasteiger partial charge in [-0.1, -0.05) is 35.3 Å². The Kier molecular flexibility index (Phi) is 4.79. The lowest BCUT2D eigenvalue weighted by Gasteiger charge is -2.35. The molecule has 4 nitrogen and oxygen atoms in total. The van der Waals surface area contributed by atoms with Crippen LogP contribution in [0, 0.1) is 0 Å². The fourth-order valence-electron chi connectivity index (χ4n) is 3.95. The average Bonchev–Trinajstić information content (AvgIpc) is 2.68. The molecule has 2 aliphatic rings. The molecule has 0 amide bonds. The van der Waals surface area contributed by atoms with E-state index < -0.39 is 0 Å². The molecule has 0 saturated heterocycles. The first-order chi connectivity index (χ1) is 13.0. The lowest BCUT2D eigenvalue weighted by Crippen LogP contribution is -2.27. The van der Waals surface area contributed by atoms with Crippen molar-refractivity contribution in [2.24, 2.45) is 0 Å². The van der Waals surface area contributed by atoms with E-state index in [4.69, 9.17) is 32.7 Å². The van der Waals surface area contributed by atoms with Gasteiger partial charge in [0.25, 0.3) is 0 Å². The molecule has 1 unspecified atom stereocenters. The zero-order valence-electron chi connectivity index (χ0n) is 15.1. The minimum Gasteiger partial charge on any atom is -0.493 e. The van der Waals surface area contributed by atoms with Crippen LogP contribution in [0.15, 0.2) is 41.6 Å². The Hall–Kier alpha value is -2.17. The number of rotatable bonds is 3. The van der Waals surface area contributed by atoms with Crippen LogP contribution in [0.1, 0.15) is 36.3 Å². The molecule has 2 aromatic rings. The third-order valence-corrected chi connectivity index (χ3v) is 6.02. The number of carbonyl (C=O) groups excluding carboxylic acids is 1. The number of methoxy groups -OCH3 is 2. The maximum atomic E-state index is 12.9. The molecule has 0 radical (unpaired) electrons. The Morgan fingerprint density at radius 1 is 1.04 bits per heavy atom. The number of Topliss-reactive ketones (excluding diaryl/α,β-unsaturated/α-hetero) is 1. The summed E-state index contributed by atoms with van der Waals surface area (Å²) < 4.78 is 10.9. The van der Waals surface area contributed by atoms with Crippen LogP contribution in [0.5, 0.6) is 11.5 Å². The Morgan fingerprint density at radius 3 is 2.52 bits per heavy atom. The van der Waals surface area contributed by atoms with E-state index in [0.29, 0.717) is 28.0 Å². The Morgan fingerprint density at radius 2 is 1.78 bits per heavy atom. The molecule has 140 valence electrons. The molecule has 0 aromatic heterocycles. The van der Waals surface area contributed by atoms with Gasteiger partial charge >= 0.3 is 0 Å². The number of carbonyl (C=O) groups is 1. The maximum absolute atomic E-state index is 12.9. The van der Waals surface area contributed by atoms with Gasteiger partial charge in [-0.15, -0.1) is 0 Å². The predicted octanol–water partition coefficient (Wildman–Crippen LogP) is 5.58. The van der Waals surface area contributed by atoms with Crippen molar-refractivity contribution in [1.82, 2.24) is 0 Å². The van der Waals surface area contributed by atoms with Crippen molar-refractivity contribution in [3.8, 4) is 11.5 Å². The number of hydrogen-bond donors (Lipinski definition) is 1. The molecule has 0 saturated carbocycles. The van der Waals surface area contributed by atoms with Crippen molar-refractivity contribution in [3.63, 3.8) is 0 Å². The second-order valence-corrected chi connectivity index (χ2v) is 7.45. The predicted molar refractivity (Wildman–Crippen MR) is 107 cm³/mol. The molecular formula is C21H19Cl2NO3. The first-order valence-corrected chi connectivity index (χ1v) is 9.53. The van der Waals surface area contributed by atoms with E-state index in [2.05, 4.69) is 5.32 Å². The Bertz CT molecular complexity index is 968. The first kappa shape index (κ1) is 18.2. The fraction of sp³-hybridized carbons (Fsp3) is 0.286. The van der Waals surface area contributed by atoms with E-state index in [1.54, 1.807) is 20.3 Å². The standard InChI is InChI=1S/C21H19Cl2NO3/c1-26-17-9-12-15(10-18(17)27-2)24-14-7-4-8-16(25)20(14)19(12)11-5-3-6-13(22)21(11)23/h3,5-6,9-10,19,24H,4,7-8H2,1-2H3. The minimum atomic E-state index is -0.296. The summed E-state index contributed by atoms with van der Waals surface area (Å²) in [6, 6.07) is 9.36. The largest absolute Gasteiger partial charge is 0.493 e. The lowest BCUT2D eigenvalue weighted by molar-refractivity contribution is -0.116. The van der Waals surface area contributed by atoms with Gasteiger partial charge in [0.05, 0.1) is 24.3 Å². The van der Waals surface area contributed by atoms with E-state index in [9.17, 15) is 4.79 Å². The number of fused-ring (bicyclic) bond motifs is 1. The number of benzene rings is 2. The summed E-state index contributed by atoms with van der Waals surface area (Å²) in [5.41, 5.74) is 4.35. The van der Waals surface area contributed by atoms with Gasteiger partial charge in [0, 0.05) is 35.4 Å². The van der Waals surface area contributed by atoms with E-state index in [1.807, 2.05) is 24.3 Å². The summed E-state index contributed by atoms with van der Waals surface area (Å²) in [7, 11) is 3.20. The molecule has 27 heavy (non-hydrogen) atoms. The average molecular weight is 404 g/mol. The molecule has 4 rings (SSSR count). The van der Waals surface area contributed by atoms with Crippen LogP contribution in [0.2, 0.25) is 10.0 Å². The van der Waals surface area contributed by atoms with Gasteiger partial charge in [-0.05, 0) is 36.1 Å². The summed E-state index contributed by atoms with van der Waals surface area (Å²) in [6.45, 7) is 0. The highest BCUT2D eigenvalue weighted by atomic mass is 35.5. The van der Waals surface area contributed by atoms with E-state index >= 15 is 0 Å². The highest BCUT2D eigenvalue weighted by Crippen LogP contribution is 2.50. The molecular weight excluding hydrogens is 385 g/mol. The molecule has 0 fully saturated rings. The summed E-state index contributed by atoms with van der Waals surface area (Å²) in [6.07, 6.45) is 2.20. The van der Waals surface area contributed by atoms with Crippen LogP contribution in [0.4, 0.5) is 5.69 Å². The van der Waals surface area contributed by atoms with Crippen LogP contribution >= 0.6 is 23.2 Å². The van der Waals surface area contributed by atoms with Gasteiger partial charge in [-0.25, -0.2) is 0 Å². The van der Waals surface area contributed by atoms with Crippen LogP contribution in [-0.4, -0.2) is 20.0 Å². The summed E-state index contributed by atoms with van der Waals surface area (Å²) in [5, 5.41) is 4.38. The summed E-state index contributed by atoms with van der Waals surface area (Å²) in [4.78, 5) is 12.9. The smallest absolute Gasteiger partial charge is 0.162 e. The number of allylic oxidation sites excluding steroid dienone is 2. The molecule has 1 N–H and O–H groups in total. The Balaban J connectivity index is 2.00. The minimum absolute atomic E-state index is 0.144. The van der Waals surface area contributed by atoms with Gasteiger partial charge in [-0.2, -0.15) is 0 Å². The molecule has 0 spiro atoms. The van der Waals surface area contributed by atoms with Gasteiger partial charge < -0.3 is 14.8 Å². The van der Waals surface area contributed by atoms with Crippen molar-refractivity contribution < 1.29 is 14.3 Å². The van der Waals surface area contributed by atoms with Gasteiger partial charge in [-0.3, -0.25) is 4.79 Å². The van der Waals surface area contributed by atoms with Crippen LogP contribution in [-0.2, 0) is 4.79 Å². The second kappa shape index (κ2) is 7.10. The molecule has 0 bridgehead atoms. The highest BCUT2D eigenvalue weighted by Gasteiger charge is 2.37. The third kappa shape index (κ3) is 2.97. The number of nitrogens with one attached hydrogen (secondary N) is 1. The number of ether oxygens (including phenoxy) is 2. The van der Waals surface area contributed by atoms with Crippen LogP contribution in [0.3, 0.4) is 0 Å². The van der Waals surface area contributed by atoms with E-state index in [1.165, 1.54) is 0 Å². The first-order valence-electron chi connectivity index (χ1n) is 8.78.